The number of nitrogens with one attached hydrogen (secondary N) is 2. The SMILES string of the molecule is O=C(Nc1cccc2cc[nH]c12)c1cccs1. The van der Waals surface area contributed by atoms with Crippen LogP contribution in [0.15, 0.2) is 48.0 Å². The maximum absolute atomic E-state index is 11.9. The molecule has 2 aromatic heterocycles. The fourth-order valence-electron chi connectivity index (χ4n) is 1.78. The molecule has 17 heavy (non-hydrogen) atoms. The molecular formula is C13H10N2OS. The Morgan fingerprint density at radius 1 is 1.18 bits per heavy atom. The van der Waals surface area contributed by atoms with Crippen molar-refractivity contribution in [2.75, 3.05) is 5.32 Å². The highest BCUT2D eigenvalue weighted by atomic mass is 32.1. The minimum Gasteiger partial charge on any atom is -0.359 e. The zero-order valence-corrected chi connectivity index (χ0v) is 9.75. The normalized spacial score (nSPS) is 10.6. The molecule has 3 rings (SSSR count). The summed E-state index contributed by atoms with van der Waals surface area (Å²) in [4.78, 5) is 15.8. The van der Waals surface area contributed by atoms with Gasteiger partial charge < -0.3 is 10.3 Å². The molecule has 0 bridgehead atoms. The fourth-order valence-corrected chi connectivity index (χ4v) is 2.40. The van der Waals surface area contributed by atoms with Crippen LogP contribution < -0.4 is 5.32 Å². The number of rotatable bonds is 2. The maximum atomic E-state index is 11.9. The van der Waals surface area contributed by atoms with Gasteiger partial charge in [0.15, 0.2) is 0 Å². The monoisotopic (exact) mass is 242 g/mol. The first-order chi connectivity index (χ1) is 8.34. The van der Waals surface area contributed by atoms with Gasteiger partial charge in [0, 0.05) is 11.6 Å². The molecule has 0 saturated heterocycles. The van der Waals surface area contributed by atoms with E-state index < -0.39 is 0 Å². The molecule has 0 fully saturated rings. The van der Waals surface area contributed by atoms with Gasteiger partial charge in [-0.1, -0.05) is 18.2 Å². The van der Waals surface area contributed by atoms with Gasteiger partial charge in [-0.15, -0.1) is 11.3 Å². The number of aromatic amines is 1. The minimum atomic E-state index is -0.0675. The Balaban J connectivity index is 1.95. The summed E-state index contributed by atoms with van der Waals surface area (Å²) in [6, 6.07) is 11.5. The number of benzene rings is 1. The van der Waals surface area contributed by atoms with Crippen molar-refractivity contribution in [3.05, 3.63) is 52.9 Å². The highest BCUT2D eigenvalue weighted by Crippen LogP contribution is 2.22. The van der Waals surface area contributed by atoms with Crippen LogP contribution in [0, 0.1) is 0 Å². The summed E-state index contributed by atoms with van der Waals surface area (Å²) >= 11 is 1.44. The smallest absolute Gasteiger partial charge is 0.265 e. The van der Waals surface area contributed by atoms with Crippen LogP contribution in [0.1, 0.15) is 9.67 Å². The average Bonchev–Trinajstić information content (AvgIpc) is 3.00. The van der Waals surface area contributed by atoms with Crippen LogP contribution in [-0.2, 0) is 0 Å². The van der Waals surface area contributed by atoms with Crippen molar-refractivity contribution in [3.63, 3.8) is 0 Å². The molecular weight excluding hydrogens is 232 g/mol. The molecule has 3 nitrogen and oxygen atoms in total. The van der Waals surface area contributed by atoms with Gasteiger partial charge in [-0.25, -0.2) is 0 Å². The second-order valence-corrected chi connectivity index (χ2v) is 4.63. The highest BCUT2D eigenvalue weighted by molar-refractivity contribution is 7.12. The topological polar surface area (TPSA) is 44.9 Å². The number of aromatic nitrogens is 1. The van der Waals surface area contributed by atoms with E-state index in [9.17, 15) is 4.79 Å². The number of carbonyl (C=O) groups excluding carboxylic acids is 1. The van der Waals surface area contributed by atoms with Gasteiger partial charge in [0.2, 0.25) is 0 Å². The Morgan fingerprint density at radius 3 is 2.94 bits per heavy atom. The Kier molecular flexibility index (Phi) is 2.42. The lowest BCUT2D eigenvalue weighted by atomic mass is 10.2. The van der Waals surface area contributed by atoms with Crippen LogP contribution in [0.2, 0.25) is 0 Å². The number of amides is 1. The zero-order chi connectivity index (χ0) is 11.7. The molecule has 1 amide bonds. The molecule has 0 aliphatic heterocycles. The molecule has 2 heterocycles. The van der Waals surface area contributed by atoms with Crippen molar-refractivity contribution in [2.24, 2.45) is 0 Å². The van der Waals surface area contributed by atoms with E-state index in [0.717, 1.165) is 16.6 Å². The highest BCUT2D eigenvalue weighted by Gasteiger charge is 2.09. The van der Waals surface area contributed by atoms with Gasteiger partial charge in [-0.05, 0) is 23.6 Å². The third-order valence-corrected chi connectivity index (χ3v) is 3.45. The third-order valence-electron chi connectivity index (χ3n) is 2.58. The third kappa shape index (κ3) is 1.83. The zero-order valence-electron chi connectivity index (χ0n) is 8.94. The largest absolute Gasteiger partial charge is 0.359 e. The first-order valence-electron chi connectivity index (χ1n) is 5.25. The van der Waals surface area contributed by atoms with E-state index in [1.807, 2.05) is 48.0 Å². The molecule has 0 unspecified atom stereocenters. The molecule has 3 aromatic rings. The number of carbonyl (C=O) groups is 1. The van der Waals surface area contributed by atoms with E-state index in [4.69, 9.17) is 0 Å². The molecule has 2 N–H and O–H groups in total. The Morgan fingerprint density at radius 2 is 2.12 bits per heavy atom. The predicted molar refractivity (Wildman–Crippen MR) is 70.6 cm³/mol. The van der Waals surface area contributed by atoms with Gasteiger partial charge in [0.25, 0.3) is 5.91 Å². The van der Waals surface area contributed by atoms with Gasteiger partial charge in [0.05, 0.1) is 16.1 Å². The lowest BCUT2D eigenvalue weighted by molar-refractivity contribution is 0.103. The van der Waals surface area contributed by atoms with E-state index >= 15 is 0 Å². The number of fused-ring (bicyclic) bond motifs is 1. The van der Waals surface area contributed by atoms with Crippen molar-refractivity contribution in [1.29, 1.82) is 0 Å². The lowest BCUT2D eigenvalue weighted by Crippen LogP contribution is -2.10. The molecule has 0 aliphatic carbocycles. The summed E-state index contributed by atoms with van der Waals surface area (Å²) in [5.74, 6) is -0.0675. The standard InChI is InChI=1S/C13H10N2OS/c16-13(11-5-2-8-17-11)15-10-4-1-3-9-6-7-14-12(9)10/h1-8,14H,(H,15,16). The van der Waals surface area contributed by atoms with Crippen molar-refractivity contribution < 1.29 is 4.79 Å². The minimum absolute atomic E-state index is 0.0675. The molecule has 4 heteroatoms. The number of H-pyrrole nitrogens is 1. The number of hydrogen-bond acceptors (Lipinski definition) is 2. The molecule has 0 saturated carbocycles. The van der Waals surface area contributed by atoms with E-state index in [-0.39, 0.29) is 5.91 Å². The molecule has 0 radical (unpaired) electrons. The summed E-state index contributed by atoms with van der Waals surface area (Å²) in [5, 5.41) is 5.90. The lowest BCUT2D eigenvalue weighted by Gasteiger charge is -2.04. The summed E-state index contributed by atoms with van der Waals surface area (Å²) in [7, 11) is 0. The molecule has 84 valence electrons. The predicted octanol–water partition coefficient (Wildman–Crippen LogP) is 3.48. The van der Waals surface area contributed by atoms with E-state index in [1.165, 1.54) is 11.3 Å². The average molecular weight is 242 g/mol. The van der Waals surface area contributed by atoms with Crippen LogP contribution in [0.25, 0.3) is 10.9 Å². The second-order valence-electron chi connectivity index (χ2n) is 3.68. The molecule has 1 aromatic carbocycles. The molecule has 0 atom stereocenters. The van der Waals surface area contributed by atoms with Crippen LogP contribution in [0.4, 0.5) is 5.69 Å². The van der Waals surface area contributed by atoms with Crippen molar-refractivity contribution in [2.45, 2.75) is 0 Å². The number of para-hydroxylation sites is 1. The van der Waals surface area contributed by atoms with Crippen LogP contribution in [0.5, 0.6) is 0 Å². The van der Waals surface area contributed by atoms with Crippen molar-refractivity contribution in [1.82, 2.24) is 4.98 Å². The second kappa shape index (κ2) is 4.07. The number of hydrogen-bond donors (Lipinski definition) is 2. The van der Waals surface area contributed by atoms with Crippen molar-refractivity contribution >= 4 is 33.8 Å². The summed E-state index contributed by atoms with van der Waals surface area (Å²) < 4.78 is 0. The van der Waals surface area contributed by atoms with Gasteiger partial charge in [-0.3, -0.25) is 4.79 Å². The summed E-state index contributed by atoms with van der Waals surface area (Å²) in [6.07, 6.45) is 1.87. The van der Waals surface area contributed by atoms with Gasteiger partial charge in [-0.2, -0.15) is 0 Å². The van der Waals surface area contributed by atoms with E-state index in [2.05, 4.69) is 10.3 Å². The summed E-state index contributed by atoms with van der Waals surface area (Å²) in [5.41, 5.74) is 1.77. The first kappa shape index (κ1) is 10.1. The maximum Gasteiger partial charge on any atom is 0.265 e. The quantitative estimate of drug-likeness (QED) is 0.710. The Hall–Kier alpha value is -2.07. The first-order valence-corrected chi connectivity index (χ1v) is 6.13. The van der Waals surface area contributed by atoms with E-state index in [1.54, 1.807) is 0 Å². The van der Waals surface area contributed by atoms with E-state index in [0.29, 0.717) is 4.88 Å². The fraction of sp³-hybridized carbons (Fsp3) is 0. The van der Waals surface area contributed by atoms with Gasteiger partial charge >= 0.3 is 0 Å². The van der Waals surface area contributed by atoms with Crippen LogP contribution in [0.3, 0.4) is 0 Å². The molecule has 0 spiro atoms. The van der Waals surface area contributed by atoms with Gasteiger partial charge in [0.1, 0.15) is 0 Å². The summed E-state index contributed by atoms with van der Waals surface area (Å²) in [6.45, 7) is 0. The van der Waals surface area contributed by atoms with Crippen LogP contribution in [-0.4, -0.2) is 10.9 Å². The molecule has 0 aliphatic rings. The number of thiophene rings is 1. The Bertz CT molecular complexity index is 655. The Labute approximate surface area is 102 Å². The van der Waals surface area contributed by atoms with Crippen molar-refractivity contribution in [3.8, 4) is 0 Å². The number of anilines is 1. The van der Waals surface area contributed by atoms with Crippen LogP contribution >= 0.6 is 11.3 Å².